The van der Waals surface area contributed by atoms with Gasteiger partial charge in [-0.3, -0.25) is 4.79 Å². The van der Waals surface area contributed by atoms with Gasteiger partial charge in [-0.1, -0.05) is 59.0 Å². The zero-order valence-corrected chi connectivity index (χ0v) is 22.5. The number of esters is 1. The second kappa shape index (κ2) is 9.41. The Morgan fingerprint density at radius 2 is 1.82 bits per heavy atom. The SMILES string of the molecule is CC(=O)OC1CCC2(C)C3CCC4(C)C(C(C)CCCC(C)C)CCC4C3CC(=NO)C2(O)C1. The van der Waals surface area contributed by atoms with Gasteiger partial charge in [0.1, 0.15) is 11.7 Å². The Labute approximate surface area is 207 Å². The lowest BCUT2D eigenvalue weighted by Crippen LogP contribution is -2.67. The van der Waals surface area contributed by atoms with Gasteiger partial charge in [-0.2, -0.15) is 0 Å². The number of ether oxygens (including phenoxy) is 1. The van der Waals surface area contributed by atoms with Gasteiger partial charge in [0.25, 0.3) is 0 Å². The first-order valence-electron chi connectivity index (χ1n) is 14.1. The Bertz CT molecular complexity index is 795. The fourth-order valence-corrected chi connectivity index (χ4v) is 9.51. The van der Waals surface area contributed by atoms with Gasteiger partial charge in [0.15, 0.2) is 0 Å². The maximum Gasteiger partial charge on any atom is 0.302 e. The zero-order chi connectivity index (χ0) is 24.9. The van der Waals surface area contributed by atoms with Crippen LogP contribution < -0.4 is 0 Å². The second-order valence-corrected chi connectivity index (χ2v) is 13.4. The number of hydrogen-bond donors (Lipinski definition) is 2. The molecule has 0 saturated heterocycles. The topological polar surface area (TPSA) is 79.1 Å². The third-order valence-electron chi connectivity index (χ3n) is 11.3. The molecule has 2 N–H and O–H groups in total. The van der Waals surface area contributed by atoms with Crippen LogP contribution in [0.5, 0.6) is 0 Å². The quantitative estimate of drug-likeness (QED) is 0.258. The first kappa shape index (κ1) is 26.0. The molecule has 4 fully saturated rings. The van der Waals surface area contributed by atoms with Crippen LogP contribution in [0.25, 0.3) is 0 Å². The molecule has 4 aliphatic rings. The number of nitrogens with zero attached hydrogens (tertiary/aromatic N) is 1. The lowest BCUT2D eigenvalue weighted by molar-refractivity contribution is -0.183. The van der Waals surface area contributed by atoms with Gasteiger partial charge in [0, 0.05) is 18.8 Å². The van der Waals surface area contributed by atoms with Crippen LogP contribution in [0, 0.1) is 46.3 Å². The van der Waals surface area contributed by atoms with Crippen LogP contribution in [0.4, 0.5) is 0 Å². The molecular formula is C29H49NO4. The predicted octanol–water partition coefficient (Wildman–Crippen LogP) is 6.59. The summed E-state index contributed by atoms with van der Waals surface area (Å²) in [5.74, 6) is 3.53. The van der Waals surface area contributed by atoms with Gasteiger partial charge in [-0.15, -0.1) is 0 Å². The number of carbonyl (C=O) groups excluding carboxylic acids is 1. The number of rotatable bonds is 6. The molecule has 0 amide bonds. The Hall–Kier alpha value is -1.10. The first-order valence-corrected chi connectivity index (χ1v) is 14.1. The van der Waals surface area contributed by atoms with Gasteiger partial charge in [-0.05, 0) is 85.9 Å². The lowest BCUT2D eigenvalue weighted by Gasteiger charge is -2.64. The first-order chi connectivity index (χ1) is 16.0. The summed E-state index contributed by atoms with van der Waals surface area (Å²) in [7, 11) is 0. The minimum absolute atomic E-state index is 0.304. The van der Waals surface area contributed by atoms with Crippen molar-refractivity contribution in [1.29, 1.82) is 0 Å². The van der Waals surface area contributed by atoms with Crippen molar-refractivity contribution in [2.75, 3.05) is 0 Å². The van der Waals surface area contributed by atoms with E-state index in [-0.39, 0.29) is 17.5 Å². The Balaban J connectivity index is 1.56. The average Bonchev–Trinajstić information content (AvgIpc) is 3.11. The summed E-state index contributed by atoms with van der Waals surface area (Å²) in [5, 5.41) is 25.8. The van der Waals surface area contributed by atoms with Gasteiger partial charge in [0.2, 0.25) is 0 Å². The van der Waals surface area contributed by atoms with Crippen molar-refractivity contribution in [1.82, 2.24) is 0 Å². The molecule has 5 heteroatoms. The van der Waals surface area contributed by atoms with Gasteiger partial charge < -0.3 is 15.1 Å². The van der Waals surface area contributed by atoms with Crippen molar-refractivity contribution in [2.24, 2.45) is 51.5 Å². The van der Waals surface area contributed by atoms with E-state index in [9.17, 15) is 15.1 Å². The zero-order valence-electron chi connectivity index (χ0n) is 22.5. The number of oxime groups is 1. The molecule has 194 valence electrons. The van der Waals surface area contributed by atoms with E-state index in [1.54, 1.807) is 0 Å². The van der Waals surface area contributed by atoms with Gasteiger partial charge >= 0.3 is 5.97 Å². The van der Waals surface area contributed by atoms with Crippen molar-refractivity contribution in [3.05, 3.63) is 0 Å². The standard InChI is InChI=1S/C29H49NO4/c1-18(2)8-7-9-19(3)23-10-11-24-22-16-26(30-33)29(32)17-21(34-20(4)31)12-15-28(29,6)25(22)13-14-27(23,24)5/h18-19,21-25,32-33H,7-17H2,1-6H3. The van der Waals surface area contributed by atoms with Crippen LogP contribution in [0.2, 0.25) is 0 Å². The van der Waals surface area contributed by atoms with Crippen molar-refractivity contribution in [3.8, 4) is 0 Å². The summed E-state index contributed by atoms with van der Waals surface area (Å²) in [6, 6.07) is 0. The number of hydrogen-bond acceptors (Lipinski definition) is 5. The molecule has 0 aliphatic heterocycles. The molecule has 5 nitrogen and oxygen atoms in total. The number of aliphatic hydroxyl groups is 1. The average molecular weight is 476 g/mol. The highest BCUT2D eigenvalue weighted by atomic mass is 16.5. The van der Waals surface area contributed by atoms with Crippen LogP contribution in [0.1, 0.15) is 112 Å². The molecule has 0 bridgehead atoms. The minimum atomic E-state index is -1.20. The lowest BCUT2D eigenvalue weighted by atomic mass is 9.42. The third-order valence-corrected chi connectivity index (χ3v) is 11.3. The summed E-state index contributed by atoms with van der Waals surface area (Å²) in [4.78, 5) is 11.6. The van der Waals surface area contributed by atoms with E-state index in [4.69, 9.17) is 4.74 Å². The van der Waals surface area contributed by atoms with E-state index in [1.807, 2.05) is 0 Å². The molecule has 34 heavy (non-hydrogen) atoms. The van der Waals surface area contributed by atoms with E-state index >= 15 is 0 Å². The highest BCUT2D eigenvalue weighted by molar-refractivity contribution is 5.94. The molecular weight excluding hydrogens is 426 g/mol. The van der Waals surface area contributed by atoms with Crippen LogP contribution in [0.15, 0.2) is 5.16 Å². The third kappa shape index (κ3) is 4.12. The van der Waals surface area contributed by atoms with Crippen LogP contribution in [-0.2, 0) is 9.53 Å². The Morgan fingerprint density at radius 1 is 1.09 bits per heavy atom. The summed E-state index contributed by atoms with van der Waals surface area (Å²) in [6.45, 7) is 13.3. The molecule has 9 unspecified atom stereocenters. The normalized spacial score (nSPS) is 46.0. The summed E-state index contributed by atoms with van der Waals surface area (Å²) in [5.41, 5.74) is -0.654. The molecule has 0 aromatic rings. The molecule has 0 radical (unpaired) electrons. The predicted molar refractivity (Wildman–Crippen MR) is 135 cm³/mol. The fraction of sp³-hybridized carbons (Fsp3) is 0.931. The van der Waals surface area contributed by atoms with Crippen molar-refractivity contribution < 1.29 is 19.8 Å². The van der Waals surface area contributed by atoms with Gasteiger partial charge in [-0.25, -0.2) is 0 Å². The van der Waals surface area contributed by atoms with Crippen molar-refractivity contribution >= 4 is 11.7 Å². The van der Waals surface area contributed by atoms with Crippen LogP contribution in [0.3, 0.4) is 0 Å². The molecule has 0 aromatic carbocycles. The van der Waals surface area contributed by atoms with E-state index in [0.717, 1.165) is 37.0 Å². The highest BCUT2D eigenvalue weighted by Crippen LogP contribution is 2.68. The van der Waals surface area contributed by atoms with E-state index in [0.29, 0.717) is 41.7 Å². The highest BCUT2D eigenvalue weighted by Gasteiger charge is 2.67. The molecule has 4 aliphatic carbocycles. The maximum absolute atomic E-state index is 12.0. The largest absolute Gasteiger partial charge is 0.462 e. The molecule has 0 spiro atoms. The smallest absolute Gasteiger partial charge is 0.302 e. The summed E-state index contributed by atoms with van der Waals surface area (Å²) in [6.07, 6.45) is 11.2. The molecule has 4 saturated carbocycles. The number of fused-ring (bicyclic) bond motifs is 5. The van der Waals surface area contributed by atoms with Crippen LogP contribution >= 0.6 is 0 Å². The number of carbonyl (C=O) groups is 1. The Kier molecular flexibility index (Phi) is 7.19. The molecule has 4 rings (SSSR count). The summed E-state index contributed by atoms with van der Waals surface area (Å²) >= 11 is 0. The van der Waals surface area contributed by atoms with E-state index in [2.05, 4.69) is 39.8 Å². The Morgan fingerprint density at radius 3 is 2.47 bits per heavy atom. The van der Waals surface area contributed by atoms with Gasteiger partial charge in [0.05, 0.1) is 5.71 Å². The monoisotopic (exact) mass is 475 g/mol. The second-order valence-electron chi connectivity index (χ2n) is 13.4. The molecule has 0 aromatic heterocycles. The maximum atomic E-state index is 12.0. The van der Waals surface area contributed by atoms with E-state index < -0.39 is 5.60 Å². The van der Waals surface area contributed by atoms with Crippen molar-refractivity contribution in [3.63, 3.8) is 0 Å². The molecule has 0 heterocycles. The summed E-state index contributed by atoms with van der Waals surface area (Å²) < 4.78 is 5.52. The van der Waals surface area contributed by atoms with Crippen LogP contribution in [-0.4, -0.2) is 33.7 Å². The fourth-order valence-electron chi connectivity index (χ4n) is 9.51. The van der Waals surface area contributed by atoms with Crippen molar-refractivity contribution in [2.45, 2.75) is 124 Å². The van der Waals surface area contributed by atoms with E-state index in [1.165, 1.54) is 45.4 Å². The molecule has 9 atom stereocenters. The minimum Gasteiger partial charge on any atom is -0.462 e.